The third-order valence-corrected chi connectivity index (χ3v) is 5.36. The summed E-state index contributed by atoms with van der Waals surface area (Å²) in [7, 11) is 0. The molecule has 22 heavy (non-hydrogen) atoms. The van der Waals surface area contributed by atoms with Crippen LogP contribution in [-0.4, -0.2) is 10.2 Å². The molecule has 0 aliphatic heterocycles. The van der Waals surface area contributed by atoms with Crippen molar-refractivity contribution in [2.24, 2.45) is 11.8 Å². The molecule has 0 amide bonds. The van der Waals surface area contributed by atoms with Gasteiger partial charge in [-0.2, -0.15) is 0 Å². The summed E-state index contributed by atoms with van der Waals surface area (Å²) in [5, 5.41) is 19.3. The van der Waals surface area contributed by atoms with E-state index in [1.54, 1.807) is 12.1 Å². The van der Waals surface area contributed by atoms with E-state index in [1.807, 2.05) is 6.08 Å². The highest BCUT2D eigenvalue weighted by molar-refractivity contribution is 5.42. The summed E-state index contributed by atoms with van der Waals surface area (Å²) in [5.41, 5.74) is 2.81. The van der Waals surface area contributed by atoms with E-state index in [-0.39, 0.29) is 5.41 Å². The molecule has 3 rings (SSSR count). The van der Waals surface area contributed by atoms with E-state index >= 15 is 0 Å². The van der Waals surface area contributed by atoms with Gasteiger partial charge in [-0.15, -0.1) is 0 Å². The molecule has 0 saturated heterocycles. The van der Waals surface area contributed by atoms with Crippen LogP contribution < -0.4 is 0 Å². The molecule has 0 aromatic heterocycles. The maximum atomic E-state index is 9.70. The van der Waals surface area contributed by atoms with E-state index in [0.717, 1.165) is 25.7 Å². The second-order valence-electron chi connectivity index (χ2n) is 7.33. The number of phenols is 1. The first-order valence-corrected chi connectivity index (χ1v) is 8.38. The molecule has 0 radical (unpaired) electrons. The lowest BCUT2D eigenvalue weighted by Crippen LogP contribution is -2.38. The minimum Gasteiger partial charge on any atom is -0.512 e. The predicted molar refractivity (Wildman–Crippen MR) is 90.0 cm³/mol. The summed E-state index contributed by atoms with van der Waals surface area (Å²) in [6.45, 7) is 4.70. The Morgan fingerprint density at radius 1 is 0.909 bits per heavy atom. The number of rotatable bonds is 2. The molecule has 0 heterocycles. The van der Waals surface area contributed by atoms with Crippen LogP contribution in [-0.2, 0) is 5.41 Å². The number of phenolic OH excluding ortho intramolecular Hbond substituents is 1. The molecule has 1 aromatic rings. The quantitative estimate of drug-likeness (QED) is 0.783. The van der Waals surface area contributed by atoms with E-state index in [0.29, 0.717) is 23.3 Å². The largest absolute Gasteiger partial charge is 0.512 e. The van der Waals surface area contributed by atoms with E-state index in [1.165, 1.54) is 17.6 Å². The number of hydrogen-bond donors (Lipinski definition) is 2. The molecule has 2 nitrogen and oxygen atoms in total. The number of aliphatic hydroxyl groups excluding tert-OH is 1. The number of aliphatic hydroxyl groups is 1. The average Bonchev–Trinajstić information content (AvgIpc) is 2.47. The fourth-order valence-electron chi connectivity index (χ4n) is 4.62. The Morgan fingerprint density at radius 3 is 2.09 bits per heavy atom. The zero-order valence-electron chi connectivity index (χ0n) is 13.5. The lowest BCUT2D eigenvalue weighted by molar-refractivity contribution is 0.202. The first kappa shape index (κ1) is 15.2. The highest BCUT2D eigenvalue weighted by atomic mass is 16.3. The molecule has 2 atom stereocenters. The fourth-order valence-corrected chi connectivity index (χ4v) is 4.62. The molecule has 2 aliphatic carbocycles. The average molecular weight is 298 g/mol. The van der Waals surface area contributed by atoms with Crippen LogP contribution in [0.2, 0.25) is 0 Å². The Kier molecular flexibility index (Phi) is 4.03. The summed E-state index contributed by atoms with van der Waals surface area (Å²) >= 11 is 0. The van der Waals surface area contributed by atoms with Crippen molar-refractivity contribution < 1.29 is 10.2 Å². The van der Waals surface area contributed by atoms with Gasteiger partial charge in [0.25, 0.3) is 0 Å². The van der Waals surface area contributed by atoms with Crippen molar-refractivity contribution in [1.29, 1.82) is 0 Å². The van der Waals surface area contributed by atoms with Crippen LogP contribution in [0.25, 0.3) is 0 Å². The molecule has 1 aromatic carbocycles. The van der Waals surface area contributed by atoms with Crippen LogP contribution in [0.5, 0.6) is 5.75 Å². The monoisotopic (exact) mass is 298 g/mol. The lowest BCUT2D eigenvalue weighted by atomic mass is 9.58. The van der Waals surface area contributed by atoms with Crippen molar-refractivity contribution in [2.45, 2.75) is 51.4 Å². The molecule has 2 unspecified atom stereocenters. The van der Waals surface area contributed by atoms with E-state index in [9.17, 15) is 10.2 Å². The van der Waals surface area contributed by atoms with Gasteiger partial charge in [-0.3, -0.25) is 0 Å². The molecule has 0 bridgehead atoms. The van der Waals surface area contributed by atoms with E-state index < -0.39 is 0 Å². The molecule has 2 aliphatic rings. The van der Waals surface area contributed by atoms with Crippen LogP contribution in [0.4, 0.5) is 0 Å². The summed E-state index contributed by atoms with van der Waals surface area (Å²) < 4.78 is 0. The molecule has 0 spiro atoms. The number of allylic oxidation sites excluding steroid dienone is 4. The van der Waals surface area contributed by atoms with Crippen molar-refractivity contribution in [3.63, 3.8) is 0 Å². The standard InChI is InChI=1S/C20H26O2/c1-14-11-15(2)13-20(12-14,16-3-7-18(21)8-4-16)17-5-9-19(22)10-6-17/h3-5,7-9,14-15,21-22H,6,10-13H2,1-2H3. The SMILES string of the molecule is CC1CC(C)CC(C2=CC=C(O)CC2)(c2ccc(O)cc2)C1. The van der Waals surface area contributed by atoms with Gasteiger partial charge in [0.15, 0.2) is 0 Å². The Hall–Kier alpha value is -1.70. The highest BCUT2D eigenvalue weighted by Crippen LogP contribution is 2.51. The number of benzene rings is 1. The van der Waals surface area contributed by atoms with Crippen molar-refractivity contribution in [1.82, 2.24) is 0 Å². The first-order chi connectivity index (χ1) is 10.5. The van der Waals surface area contributed by atoms with Gasteiger partial charge in [-0.25, -0.2) is 0 Å². The molecule has 2 N–H and O–H groups in total. The third-order valence-electron chi connectivity index (χ3n) is 5.36. The van der Waals surface area contributed by atoms with Gasteiger partial charge in [-0.05, 0) is 61.3 Å². The highest BCUT2D eigenvalue weighted by Gasteiger charge is 2.42. The fraction of sp³-hybridized carbons (Fsp3) is 0.500. The normalized spacial score (nSPS) is 32.3. The van der Waals surface area contributed by atoms with Crippen LogP contribution >= 0.6 is 0 Å². The maximum Gasteiger partial charge on any atom is 0.115 e. The third kappa shape index (κ3) is 2.79. The molecule has 118 valence electrons. The summed E-state index contributed by atoms with van der Waals surface area (Å²) in [6.07, 6.45) is 9.28. The smallest absolute Gasteiger partial charge is 0.115 e. The van der Waals surface area contributed by atoms with Crippen molar-refractivity contribution in [2.75, 3.05) is 0 Å². The minimum atomic E-state index is 0.0575. The molecule has 2 heteroatoms. The summed E-state index contributed by atoms with van der Waals surface area (Å²) in [4.78, 5) is 0. The van der Waals surface area contributed by atoms with Crippen LogP contribution in [0.3, 0.4) is 0 Å². The van der Waals surface area contributed by atoms with Gasteiger partial charge in [0.05, 0.1) is 5.76 Å². The molecule has 1 saturated carbocycles. The van der Waals surface area contributed by atoms with Gasteiger partial charge in [-0.1, -0.05) is 37.6 Å². The predicted octanol–water partition coefficient (Wildman–Crippen LogP) is 5.25. The van der Waals surface area contributed by atoms with Crippen molar-refractivity contribution >= 4 is 0 Å². The second kappa shape index (κ2) is 5.83. The molecule has 1 fully saturated rings. The maximum absolute atomic E-state index is 9.70. The Morgan fingerprint density at radius 2 is 1.55 bits per heavy atom. The number of aromatic hydroxyl groups is 1. The molecular formula is C20H26O2. The lowest BCUT2D eigenvalue weighted by Gasteiger charge is -2.46. The second-order valence-corrected chi connectivity index (χ2v) is 7.33. The van der Waals surface area contributed by atoms with Gasteiger partial charge in [0.1, 0.15) is 5.75 Å². The van der Waals surface area contributed by atoms with Gasteiger partial charge < -0.3 is 10.2 Å². The topological polar surface area (TPSA) is 40.5 Å². The summed E-state index contributed by atoms with van der Waals surface area (Å²) in [5.74, 6) is 2.20. The Labute approximate surface area is 133 Å². The van der Waals surface area contributed by atoms with Crippen LogP contribution in [0, 0.1) is 11.8 Å². The zero-order valence-corrected chi connectivity index (χ0v) is 13.5. The van der Waals surface area contributed by atoms with Crippen LogP contribution in [0.15, 0.2) is 47.7 Å². The van der Waals surface area contributed by atoms with Crippen molar-refractivity contribution in [3.05, 3.63) is 53.3 Å². The van der Waals surface area contributed by atoms with Crippen molar-refractivity contribution in [3.8, 4) is 5.75 Å². The van der Waals surface area contributed by atoms with Crippen LogP contribution in [0.1, 0.15) is 51.5 Å². The first-order valence-electron chi connectivity index (χ1n) is 8.38. The van der Waals surface area contributed by atoms with E-state index in [2.05, 4.69) is 32.1 Å². The van der Waals surface area contributed by atoms with Gasteiger partial charge >= 0.3 is 0 Å². The summed E-state index contributed by atoms with van der Waals surface area (Å²) in [6, 6.07) is 7.77. The Bertz CT molecular complexity index is 585. The number of hydrogen-bond acceptors (Lipinski definition) is 2. The zero-order chi connectivity index (χ0) is 15.7. The minimum absolute atomic E-state index is 0.0575. The van der Waals surface area contributed by atoms with Gasteiger partial charge in [0.2, 0.25) is 0 Å². The molecular weight excluding hydrogens is 272 g/mol. The Balaban J connectivity index is 2.07. The van der Waals surface area contributed by atoms with Gasteiger partial charge in [0, 0.05) is 11.8 Å². The van der Waals surface area contributed by atoms with E-state index in [4.69, 9.17) is 0 Å².